The first kappa shape index (κ1) is 23.3. The molecular weight excluding hydrogens is 418 g/mol. The van der Waals surface area contributed by atoms with E-state index in [0.717, 1.165) is 23.1 Å². The van der Waals surface area contributed by atoms with E-state index in [-0.39, 0.29) is 11.7 Å². The number of halogens is 1. The molecule has 0 amide bonds. The van der Waals surface area contributed by atoms with Crippen LogP contribution in [0.4, 0.5) is 0 Å². The number of hydrogen-bond donors (Lipinski definition) is 0. The summed E-state index contributed by atoms with van der Waals surface area (Å²) in [5, 5.41) is 13.8. The van der Waals surface area contributed by atoms with Gasteiger partial charge in [0.25, 0.3) is 0 Å². The molecule has 1 heterocycles. The van der Waals surface area contributed by atoms with Crippen LogP contribution in [0.3, 0.4) is 0 Å². The first-order chi connectivity index (χ1) is 15.2. The second-order valence-corrected chi connectivity index (χ2v) is 9.09. The molecule has 32 heavy (non-hydrogen) atoms. The van der Waals surface area contributed by atoms with E-state index in [0.29, 0.717) is 22.8 Å². The highest BCUT2D eigenvalue weighted by Crippen LogP contribution is 2.28. The van der Waals surface area contributed by atoms with Crippen molar-refractivity contribution in [3.8, 4) is 17.9 Å². The SMILES string of the molecule is CC1=CC(C#Cc2ccccc2)=CCC1/C=C(/C)C(=O)c1c(Cl)cnn1CC(C)(C)C#N. The number of Topliss-reactive ketones (excluding diaryl/α,β-unsaturated/α-hetero) is 1. The fourth-order valence-corrected chi connectivity index (χ4v) is 3.71. The number of aromatic nitrogens is 2. The zero-order valence-corrected chi connectivity index (χ0v) is 19.6. The van der Waals surface area contributed by atoms with E-state index in [1.54, 1.807) is 20.8 Å². The lowest BCUT2D eigenvalue weighted by Crippen LogP contribution is -2.22. The fourth-order valence-electron chi connectivity index (χ4n) is 3.49. The number of allylic oxidation sites excluding steroid dienone is 6. The van der Waals surface area contributed by atoms with Gasteiger partial charge in [0.15, 0.2) is 0 Å². The van der Waals surface area contributed by atoms with Gasteiger partial charge < -0.3 is 0 Å². The van der Waals surface area contributed by atoms with Crippen LogP contribution >= 0.6 is 11.6 Å². The number of rotatable bonds is 5. The number of nitriles is 1. The third kappa shape index (κ3) is 5.67. The second kappa shape index (κ2) is 9.86. The summed E-state index contributed by atoms with van der Waals surface area (Å²) in [5.74, 6) is 6.35. The molecular formula is C27H26ClN3O. The molecule has 0 radical (unpaired) electrons. The van der Waals surface area contributed by atoms with Gasteiger partial charge >= 0.3 is 0 Å². The zero-order chi connectivity index (χ0) is 23.3. The topological polar surface area (TPSA) is 58.7 Å². The molecule has 1 atom stereocenters. The Balaban J connectivity index is 1.77. The number of nitrogens with zero attached hydrogens (tertiary/aromatic N) is 3. The molecule has 0 saturated carbocycles. The lowest BCUT2D eigenvalue weighted by atomic mass is 9.87. The summed E-state index contributed by atoms with van der Waals surface area (Å²) >= 11 is 6.28. The summed E-state index contributed by atoms with van der Waals surface area (Å²) in [6.45, 7) is 7.76. The van der Waals surface area contributed by atoms with Crippen LogP contribution in [0.2, 0.25) is 5.02 Å². The normalized spacial score (nSPS) is 16.4. The Hall–Kier alpha value is -3.34. The van der Waals surface area contributed by atoms with Crippen molar-refractivity contribution in [1.29, 1.82) is 5.26 Å². The van der Waals surface area contributed by atoms with Crippen molar-refractivity contribution in [3.05, 3.63) is 87.8 Å². The molecule has 0 N–H and O–H groups in total. The Morgan fingerprint density at radius 3 is 2.69 bits per heavy atom. The third-order valence-electron chi connectivity index (χ3n) is 5.35. The lowest BCUT2D eigenvalue weighted by Gasteiger charge is -2.19. The number of benzene rings is 1. The predicted molar refractivity (Wildman–Crippen MR) is 128 cm³/mol. The van der Waals surface area contributed by atoms with Gasteiger partial charge in [0.2, 0.25) is 5.78 Å². The van der Waals surface area contributed by atoms with Crippen LogP contribution in [0.1, 0.15) is 50.2 Å². The first-order valence-corrected chi connectivity index (χ1v) is 10.9. The van der Waals surface area contributed by atoms with Gasteiger partial charge in [-0.15, -0.1) is 0 Å². The molecule has 1 aromatic carbocycles. The number of ketones is 1. The maximum absolute atomic E-state index is 13.2. The summed E-state index contributed by atoms with van der Waals surface area (Å²) in [6, 6.07) is 12.1. The van der Waals surface area contributed by atoms with Crippen LogP contribution in [0.5, 0.6) is 0 Å². The van der Waals surface area contributed by atoms with E-state index in [1.807, 2.05) is 36.4 Å². The fraction of sp³-hybridized carbons (Fsp3) is 0.296. The van der Waals surface area contributed by atoms with Gasteiger partial charge in [-0.1, -0.05) is 59.4 Å². The molecule has 1 unspecified atom stereocenters. The van der Waals surface area contributed by atoms with Crippen LogP contribution in [-0.2, 0) is 6.54 Å². The highest BCUT2D eigenvalue weighted by molar-refractivity contribution is 6.34. The maximum atomic E-state index is 13.2. The van der Waals surface area contributed by atoms with Gasteiger partial charge in [-0.05, 0) is 57.9 Å². The Morgan fingerprint density at radius 1 is 1.31 bits per heavy atom. The molecule has 5 heteroatoms. The molecule has 162 valence electrons. The monoisotopic (exact) mass is 443 g/mol. The van der Waals surface area contributed by atoms with Gasteiger partial charge in [0.05, 0.1) is 29.2 Å². The van der Waals surface area contributed by atoms with Crippen LogP contribution in [0.15, 0.2) is 71.5 Å². The Bertz CT molecular complexity index is 1210. The van der Waals surface area contributed by atoms with Crippen molar-refractivity contribution in [2.24, 2.45) is 11.3 Å². The lowest BCUT2D eigenvalue weighted by molar-refractivity contribution is 0.102. The molecule has 0 bridgehead atoms. The standard InChI is InChI=1S/C27H26ClN3O/c1-19-14-22(11-10-21-8-6-5-7-9-21)12-13-23(19)15-20(2)26(32)25-24(28)16-30-31(25)18-27(3,4)17-29/h5-9,12,14-16,23H,13,18H2,1-4H3/b20-15-. The second-order valence-electron chi connectivity index (χ2n) is 8.68. The number of hydrogen-bond acceptors (Lipinski definition) is 3. The maximum Gasteiger partial charge on any atom is 0.207 e. The predicted octanol–water partition coefficient (Wildman–Crippen LogP) is 6.16. The van der Waals surface area contributed by atoms with Crippen molar-refractivity contribution in [1.82, 2.24) is 9.78 Å². The number of carbonyl (C=O) groups excluding carboxylic acids is 1. The van der Waals surface area contributed by atoms with Crippen LogP contribution in [-0.4, -0.2) is 15.6 Å². The Morgan fingerprint density at radius 2 is 2.03 bits per heavy atom. The largest absolute Gasteiger partial charge is 0.287 e. The summed E-state index contributed by atoms with van der Waals surface area (Å²) in [4.78, 5) is 13.2. The Labute approximate surface area is 194 Å². The van der Waals surface area contributed by atoms with Gasteiger partial charge in [-0.2, -0.15) is 10.4 Å². The quantitative estimate of drug-likeness (QED) is 0.316. The van der Waals surface area contributed by atoms with Crippen molar-refractivity contribution in [3.63, 3.8) is 0 Å². The van der Waals surface area contributed by atoms with E-state index in [1.165, 1.54) is 10.9 Å². The molecule has 4 nitrogen and oxygen atoms in total. The van der Waals surface area contributed by atoms with E-state index in [2.05, 4.69) is 42.1 Å². The summed E-state index contributed by atoms with van der Waals surface area (Å²) in [7, 11) is 0. The number of carbonyl (C=O) groups is 1. The average Bonchev–Trinajstić information content (AvgIpc) is 3.13. The summed E-state index contributed by atoms with van der Waals surface area (Å²) in [6.07, 6.45) is 8.40. The van der Waals surface area contributed by atoms with Crippen molar-refractivity contribution in [2.75, 3.05) is 0 Å². The molecule has 0 spiro atoms. The molecule has 1 aromatic heterocycles. The summed E-state index contributed by atoms with van der Waals surface area (Å²) < 4.78 is 1.53. The van der Waals surface area contributed by atoms with Gasteiger partial charge in [0.1, 0.15) is 5.69 Å². The third-order valence-corrected chi connectivity index (χ3v) is 5.63. The minimum atomic E-state index is -0.660. The van der Waals surface area contributed by atoms with Gasteiger partial charge in [-0.3, -0.25) is 9.48 Å². The van der Waals surface area contributed by atoms with Crippen LogP contribution < -0.4 is 0 Å². The van der Waals surface area contributed by atoms with Crippen LogP contribution in [0, 0.1) is 34.5 Å². The van der Waals surface area contributed by atoms with Crippen molar-refractivity contribution < 1.29 is 4.79 Å². The highest BCUT2D eigenvalue weighted by atomic mass is 35.5. The average molecular weight is 444 g/mol. The molecule has 0 fully saturated rings. The van der Waals surface area contributed by atoms with Gasteiger partial charge in [-0.25, -0.2) is 0 Å². The van der Waals surface area contributed by atoms with E-state index >= 15 is 0 Å². The summed E-state index contributed by atoms with van der Waals surface area (Å²) in [5.41, 5.74) is 3.39. The van der Waals surface area contributed by atoms with E-state index in [4.69, 9.17) is 11.6 Å². The smallest absolute Gasteiger partial charge is 0.207 e. The van der Waals surface area contributed by atoms with Crippen molar-refractivity contribution in [2.45, 2.75) is 40.7 Å². The molecule has 2 aromatic rings. The Kier molecular flexibility index (Phi) is 7.18. The van der Waals surface area contributed by atoms with E-state index < -0.39 is 5.41 Å². The minimum Gasteiger partial charge on any atom is -0.287 e. The van der Waals surface area contributed by atoms with Crippen molar-refractivity contribution >= 4 is 17.4 Å². The molecule has 3 rings (SSSR count). The zero-order valence-electron chi connectivity index (χ0n) is 18.8. The first-order valence-electron chi connectivity index (χ1n) is 10.5. The molecule has 1 aliphatic rings. The molecule has 1 aliphatic carbocycles. The highest BCUT2D eigenvalue weighted by Gasteiger charge is 2.25. The molecule has 0 saturated heterocycles. The van der Waals surface area contributed by atoms with Crippen LogP contribution in [0.25, 0.3) is 0 Å². The van der Waals surface area contributed by atoms with Gasteiger partial charge in [0, 0.05) is 17.1 Å². The van der Waals surface area contributed by atoms with E-state index in [9.17, 15) is 10.1 Å². The minimum absolute atomic E-state index is 0.118. The molecule has 0 aliphatic heterocycles.